The van der Waals surface area contributed by atoms with Crippen molar-refractivity contribution in [2.45, 2.75) is 32.4 Å². The molecule has 1 amide bonds. The van der Waals surface area contributed by atoms with Crippen LogP contribution in [0.2, 0.25) is 0 Å². The number of hydrogen-bond acceptors (Lipinski definition) is 2. The van der Waals surface area contributed by atoms with Gasteiger partial charge in [-0.3, -0.25) is 4.79 Å². The fourth-order valence-electron chi connectivity index (χ4n) is 3.43. The molecule has 0 spiro atoms. The van der Waals surface area contributed by atoms with Crippen LogP contribution in [0.5, 0.6) is 0 Å². The van der Waals surface area contributed by atoms with Crippen molar-refractivity contribution in [3.8, 4) is 0 Å². The Balaban J connectivity index is 0.00000208. The molecule has 1 aliphatic rings. The summed E-state index contributed by atoms with van der Waals surface area (Å²) in [6.45, 7) is 3.52. The number of carbonyl (C=O) groups is 1. The Hall–Kier alpha value is -1.84. The van der Waals surface area contributed by atoms with E-state index in [0.29, 0.717) is 12.5 Å². The summed E-state index contributed by atoms with van der Waals surface area (Å²) in [6.07, 6.45) is 2.11. The Kier molecular flexibility index (Phi) is 6.41. The molecule has 0 aromatic heterocycles. The van der Waals surface area contributed by atoms with Crippen molar-refractivity contribution in [3.63, 3.8) is 0 Å². The molecule has 2 N–H and O–H groups in total. The molecule has 24 heavy (non-hydrogen) atoms. The highest BCUT2D eigenvalue weighted by molar-refractivity contribution is 5.94. The minimum atomic E-state index is 0. The molecule has 1 saturated heterocycles. The van der Waals surface area contributed by atoms with Gasteiger partial charge in [-0.25, -0.2) is 0 Å². The van der Waals surface area contributed by atoms with Crippen LogP contribution >= 0.6 is 12.4 Å². The van der Waals surface area contributed by atoms with Crippen molar-refractivity contribution in [3.05, 3.63) is 71.3 Å². The first-order valence-corrected chi connectivity index (χ1v) is 8.33. The average Bonchev–Trinajstić information content (AvgIpc) is 2.96. The predicted octanol–water partition coefficient (Wildman–Crippen LogP) is 3.66. The van der Waals surface area contributed by atoms with E-state index in [1.54, 1.807) is 0 Å². The van der Waals surface area contributed by atoms with E-state index in [1.807, 2.05) is 35.2 Å². The summed E-state index contributed by atoms with van der Waals surface area (Å²) in [7, 11) is 0. The van der Waals surface area contributed by atoms with Crippen LogP contribution in [0.15, 0.2) is 54.6 Å². The van der Waals surface area contributed by atoms with Gasteiger partial charge in [0, 0.05) is 24.7 Å². The first-order chi connectivity index (χ1) is 11.2. The lowest BCUT2D eigenvalue weighted by Gasteiger charge is -2.25. The van der Waals surface area contributed by atoms with E-state index in [9.17, 15) is 4.79 Å². The highest BCUT2D eigenvalue weighted by Crippen LogP contribution is 2.28. The molecular formula is C20H25ClN2O. The SMILES string of the molecule is CC1C(Cc2ccccc2)CCN1C(=O)c1ccc(CN)cc1.Cl. The van der Waals surface area contributed by atoms with E-state index in [1.165, 1.54) is 5.56 Å². The van der Waals surface area contributed by atoms with Gasteiger partial charge in [-0.15, -0.1) is 12.4 Å². The van der Waals surface area contributed by atoms with Gasteiger partial charge in [0.15, 0.2) is 0 Å². The number of halogens is 1. The lowest BCUT2D eigenvalue weighted by Crippen LogP contribution is -2.36. The van der Waals surface area contributed by atoms with Crippen LogP contribution < -0.4 is 5.73 Å². The van der Waals surface area contributed by atoms with Crippen molar-refractivity contribution in [2.75, 3.05) is 6.54 Å². The van der Waals surface area contributed by atoms with E-state index in [0.717, 1.165) is 30.5 Å². The van der Waals surface area contributed by atoms with E-state index in [2.05, 4.69) is 31.2 Å². The van der Waals surface area contributed by atoms with Crippen LogP contribution in [0.1, 0.15) is 34.8 Å². The van der Waals surface area contributed by atoms with Gasteiger partial charge in [0.25, 0.3) is 5.91 Å². The second-order valence-electron chi connectivity index (χ2n) is 6.38. The largest absolute Gasteiger partial charge is 0.336 e. The summed E-state index contributed by atoms with van der Waals surface area (Å²) < 4.78 is 0. The summed E-state index contributed by atoms with van der Waals surface area (Å²) in [5.74, 6) is 0.668. The number of hydrogen-bond donors (Lipinski definition) is 1. The second-order valence-corrected chi connectivity index (χ2v) is 6.38. The Labute approximate surface area is 150 Å². The monoisotopic (exact) mass is 344 g/mol. The highest BCUT2D eigenvalue weighted by Gasteiger charge is 2.34. The molecule has 1 heterocycles. The summed E-state index contributed by atoms with van der Waals surface area (Å²) in [5, 5.41) is 0. The van der Waals surface area contributed by atoms with Crippen molar-refractivity contribution in [2.24, 2.45) is 11.7 Å². The number of carbonyl (C=O) groups excluding carboxylic acids is 1. The van der Waals surface area contributed by atoms with Gasteiger partial charge in [-0.05, 0) is 48.9 Å². The summed E-state index contributed by atoms with van der Waals surface area (Å²) >= 11 is 0. The number of nitrogens with zero attached hydrogens (tertiary/aromatic N) is 1. The topological polar surface area (TPSA) is 46.3 Å². The Morgan fingerprint density at radius 2 is 1.75 bits per heavy atom. The van der Waals surface area contributed by atoms with Crippen LogP contribution in [0.25, 0.3) is 0 Å². The summed E-state index contributed by atoms with van der Waals surface area (Å²) in [5.41, 5.74) is 8.78. The van der Waals surface area contributed by atoms with Crippen molar-refractivity contribution >= 4 is 18.3 Å². The zero-order valence-corrected chi connectivity index (χ0v) is 14.8. The molecular weight excluding hydrogens is 320 g/mol. The quantitative estimate of drug-likeness (QED) is 0.920. The Bertz CT molecular complexity index is 657. The number of benzene rings is 2. The van der Waals surface area contributed by atoms with Crippen LogP contribution in [0.3, 0.4) is 0 Å². The molecule has 0 saturated carbocycles. The Morgan fingerprint density at radius 1 is 1.08 bits per heavy atom. The minimum Gasteiger partial charge on any atom is -0.336 e. The average molecular weight is 345 g/mol. The zero-order valence-electron chi connectivity index (χ0n) is 14.0. The van der Waals surface area contributed by atoms with E-state index in [-0.39, 0.29) is 24.4 Å². The third-order valence-electron chi connectivity index (χ3n) is 4.95. The summed E-state index contributed by atoms with van der Waals surface area (Å²) in [6, 6.07) is 18.5. The third kappa shape index (κ3) is 3.97. The maximum atomic E-state index is 12.7. The molecule has 0 aliphatic carbocycles. The molecule has 1 aliphatic heterocycles. The van der Waals surface area contributed by atoms with Gasteiger partial charge in [-0.2, -0.15) is 0 Å². The molecule has 128 valence electrons. The molecule has 1 fully saturated rings. The van der Waals surface area contributed by atoms with Crippen LogP contribution in [0.4, 0.5) is 0 Å². The molecule has 2 aromatic carbocycles. The lowest BCUT2D eigenvalue weighted by atomic mass is 9.93. The molecule has 0 radical (unpaired) electrons. The molecule has 3 rings (SSSR count). The van der Waals surface area contributed by atoms with E-state index in [4.69, 9.17) is 5.73 Å². The normalized spacial score (nSPS) is 19.8. The molecule has 2 atom stereocenters. The van der Waals surface area contributed by atoms with Gasteiger partial charge in [0.05, 0.1) is 0 Å². The standard InChI is InChI=1S/C20H24N2O.ClH/c1-15-19(13-16-5-3-2-4-6-16)11-12-22(15)20(23)18-9-7-17(14-21)8-10-18;/h2-10,15,19H,11-14,21H2,1H3;1H. The molecule has 0 bridgehead atoms. The van der Waals surface area contributed by atoms with Crippen molar-refractivity contribution in [1.82, 2.24) is 4.90 Å². The number of likely N-dealkylation sites (tertiary alicyclic amines) is 1. The van der Waals surface area contributed by atoms with Crippen molar-refractivity contribution < 1.29 is 4.79 Å². The molecule has 3 nitrogen and oxygen atoms in total. The highest BCUT2D eigenvalue weighted by atomic mass is 35.5. The van der Waals surface area contributed by atoms with Gasteiger partial charge < -0.3 is 10.6 Å². The van der Waals surface area contributed by atoms with Crippen LogP contribution in [-0.2, 0) is 13.0 Å². The molecule has 2 unspecified atom stereocenters. The van der Waals surface area contributed by atoms with Gasteiger partial charge >= 0.3 is 0 Å². The smallest absolute Gasteiger partial charge is 0.254 e. The number of nitrogens with two attached hydrogens (primary N) is 1. The minimum absolute atomic E-state index is 0. The fourth-order valence-corrected chi connectivity index (χ4v) is 3.43. The van der Waals surface area contributed by atoms with E-state index < -0.39 is 0 Å². The van der Waals surface area contributed by atoms with Gasteiger partial charge in [0.2, 0.25) is 0 Å². The fraction of sp³-hybridized carbons (Fsp3) is 0.350. The van der Waals surface area contributed by atoms with Gasteiger partial charge in [0.1, 0.15) is 0 Å². The first kappa shape index (κ1) is 18.5. The zero-order chi connectivity index (χ0) is 16.2. The predicted molar refractivity (Wildman–Crippen MR) is 100 cm³/mol. The van der Waals surface area contributed by atoms with Crippen LogP contribution in [0, 0.1) is 5.92 Å². The van der Waals surface area contributed by atoms with Gasteiger partial charge in [-0.1, -0.05) is 42.5 Å². The second kappa shape index (κ2) is 8.32. The van der Waals surface area contributed by atoms with Crippen molar-refractivity contribution in [1.29, 1.82) is 0 Å². The third-order valence-corrected chi connectivity index (χ3v) is 4.95. The van der Waals surface area contributed by atoms with Crippen LogP contribution in [-0.4, -0.2) is 23.4 Å². The maximum Gasteiger partial charge on any atom is 0.254 e. The number of amides is 1. The number of rotatable bonds is 4. The lowest BCUT2D eigenvalue weighted by molar-refractivity contribution is 0.0732. The summed E-state index contributed by atoms with van der Waals surface area (Å²) in [4.78, 5) is 14.8. The van der Waals surface area contributed by atoms with E-state index >= 15 is 0 Å². The Morgan fingerprint density at radius 3 is 2.38 bits per heavy atom. The molecule has 4 heteroatoms. The maximum absolute atomic E-state index is 12.7. The first-order valence-electron chi connectivity index (χ1n) is 8.33. The molecule has 2 aromatic rings.